The highest BCUT2D eigenvalue weighted by molar-refractivity contribution is 5.94. The number of nitrogens with two attached hydrogens (primary N) is 1. The van der Waals surface area contributed by atoms with Crippen LogP contribution in [0.5, 0.6) is 0 Å². The molecule has 188 valence electrons. The van der Waals surface area contributed by atoms with E-state index in [1.54, 1.807) is 16.0 Å². The highest BCUT2D eigenvalue weighted by Crippen LogP contribution is 2.28. The van der Waals surface area contributed by atoms with E-state index >= 15 is 0 Å². The van der Waals surface area contributed by atoms with Crippen LogP contribution in [0.15, 0.2) is 73.3 Å². The van der Waals surface area contributed by atoms with Gasteiger partial charge in [-0.3, -0.25) is 14.4 Å². The quantitative estimate of drug-likeness (QED) is 0.537. The number of nitrogens with zero attached hydrogens (tertiary/aromatic N) is 4. The Balaban J connectivity index is 1.66. The van der Waals surface area contributed by atoms with Gasteiger partial charge in [0.1, 0.15) is 12.2 Å². The number of benzene rings is 2. The number of carbonyl (C=O) groups is 4. The van der Waals surface area contributed by atoms with Crippen LogP contribution < -0.4 is 11.1 Å². The molecule has 0 saturated carbocycles. The summed E-state index contributed by atoms with van der Waals surface area (Å²) in [7, 11) is 0. The maximum atomic E-state index is 13.5. The number of primary amides is 1. The van der Waals surface area contributed by atoms with Crippen molar-refractivity contribution >= 4 is 23.8 Å². The predicted octanol–water partition coefficient (Wildman–Crippen LogP) is 1.06. The Kier molecular flexibility index (Phi) is 7.65. The average molecular weight is 491 g/mol. The van der Waals surface area contributed by atoms with E-state index in [1.165, 1.54) is 9.91 Å². The van der Waals surface area contributed by atoms with Gasteiger partial charge in [0.2, 0.25) is 17.7 Å². The zero-order chi connectivity index (χ0) is 25.7. The van der Waals surface area contributed by atoms with Crippen LogP contribution in [0.4, 0.5) is 4.79 Å². The summed E-state index contributed by atoms with van der Waals surface area (Å²) in [6, 6.07) is 17.4. The molecular weight excluding hydrogens is 460 g/mol. The number of nitrogens with one attached hydrogen (secondary N) is 1. The molecule has 2 saturated heterocycles. The molecule has 2 fully saturated rings. The molecule has 10 nitrogen and oxygen atoms in total. The Labute approximate surface area is 209 Å². The molecule has 0 aromatic heterocycles. The fourth-order valence-electron chi connectivity index (χ4n) is 4.69. The lowest BCUT2D eigenvalue weighted by molar-refractivity contribution is -0.190. The molecule has 36 heavy (non-hydrogen) atoms. The van der Waals surface area contributed by atoms with Gasteiger partial charge in [0.05, 0.1) is 19.5 Å². The van der Waals surface area contributed by atoms with E-state index < -0.39 is 24.1 Å². The number of piperazine rings is 1. The van der Waals surface area contributed by atoms with Gasteiger partial charge in [0.25, 0.3) is 0 Å². The van der Waals surface area contributed by atoms with Crippen molar-refractivity contribution in [2.75, 3.05) is 19.6 Å². The van der Waals surface area contributed by atoms with Crippen LogP contribution in [0.3, 0.4) is 0 Å². The number of hydrogen-bond donors (Lipinski definition) is 2. The second-order valence-corrected chi connectivity index (χ2v) is 8.80. The molecule has 4 rings (SSSR count). The van der Waals surface area contributed by atoms with E-state index in [1.807, 2.05) is 60.7 Å². The van der Waals surface area contributed by atoms with Crippen molar-refractivity contribution in [1.82, 2.24) is 25.1 Å². The van der Waals surface area contributed by atoms with Crippen LogP contribution in [-0.4, -0.2) is 75.4 Å². The Morgan fingerprint density at radius 2 is 1.67 bits per heavy atom. The number of carbonyl (C=O) groups excluding carboxylic acids is 4. The molecule has 2 aromatic rings. The summed E-state index contributed by atoms with van der Waals surface area (Å²) in [4.78, 5) is 55.0. The number of amides is 5. The molecule has 2 heterocycles. The third-order valence-electron chi connectivity index (χ3n) is 6.28. The number of hydrazine groups is 1. The molecule has 2 aliphatic rings. The fraction of sp³-hybridized carbons (Fsp3) is 0.308. The summed E-state index contributed by atoms with van der Waals surface area (Å²) in [6.45, 7) is 4.52. The first-order valence-corrected chi connectivity index (χ1v) is 11.8. The van der Waals surface area contributed by atoms with E-state index in [2.05, 4.69) is 11.9 Å². The van der Waals surface area contributed by atoms with Gasteiger partial charge in [-0.15, -0.1) is 6.58 Å². The molecule has 3 N–H and O–H groups in total. The molecule has 0 aliphatic carbocycles. The largest absolute Gasteiger partial charge is 0.370 e. The summed E-state index contributed by atoms with van der Waals surface area (Å²) >= 11 is 0. The first-order chi connectivity index (χ1) is 17.4. The Morgan fingerprint density at radius 3 is 2.28 bits per heavy atom. The van der Waals surface area contributed by atoms with E-state index in [-0.39, 0.29) is 51.0 Å². The van der Waals surface area contributed by atoms with Gasteiger partial charge in [0, 0.05) is 19.6 Å². The van der Waals surface area contributed by atoms with Gasteiger partial charge < -0.3 is 20.9 Å². The average Bonchev–Trinajstić information content (AvgIpc) is 2.86. The summed E-state index contributed by atoms with van der Waals surface area (Å²) < 4.78 is 0. The SMILES string of the molecule is C=CCN1CC(=O)N2[C@@H](CC(N)=O)C(=O)N(Cc3ccccc3)C[C@@H]2N1C(=O)NCc1ccccc1. The van der Waals surface area contributed by atoms with E-state index in [0.29, 0.717) is 0 Å². The standard InChI is InChI=1S/C26H30N6O4/c1-2-13-30-18-24(34)31-21(14-22(27)33)25(35)29(16-20-11-7-4-8-12-20)17-23(31)32(30)26(36)28-15-19-9-5-3-6-10-19/h2-12,21,23H,1,13-18H2,(H2,27,33)(H,28,36)/t21-,23-/m0/s1. The lowest BCUT2D eigenvalue weighted by Gasteiger charge is -2.54. The van der Waals surface area contributed by atoms with Crippen LogP contribution >= 0.6 is 0 Å². The van der Waals surface area contributed by atoms with E-state index in [0.717, 1.165) is 11.1 Å². The second-order valence-electron chi connectivity index (χ2n) is 8.80. The highest BCUT2D eigenvalue weighted by Gasteiger charge is 2.51. The van der Waals surface area contributed by atoms with E-state index in [4.69, 9.17) is 5.73 Å². The van der Waals surface area contributed by atoms with Crippen LogP contribution in [0, 0.1) is 0 Å². The summed E-state index contributed by atoms with van der Waals surface area (Å²) in [5, 5.41) is 5.98. The third-order valence-corrected chi connectivity index (χ3v) is 6.28. The van der Waals surface area contributed by atoms with Crippen LogP contribution in [0.25, 0.3) is 0 Å². The van der Waals surface area contributed by atoms with Crippen molar-refractivity contribution in [3.8, 4) is 0 Å². The summed E-state index contributed by atoms with van der Waals surface area (Å²) in [6.07, 6.45) is 0.470. The normalized spacial score (nSPS) is 20.2. The molecule has 0 bridgehead atoms. The van der Waals surface area contributed by atoms with Crippen molar-refractivity contribution < 1.29 is 19.2 Å². The first kappa shape index (κ1) is 24.9. The predicted molar refractivity (Wildman–Crippen MR) is 132 cm³/mol. The molecule has 5 amide bonds. The Bertz CT molecular complexity index is 1130. The maximum absolute atomic E-state index is 13.5. The van der Waals surface area contributed by atoms with Gasteiger partial charge in [-0.2, -0.15) is 0 Å². The van der Waals surface area contributed by atoms with Crippen molar-refractivity contribution in [2.45, 2.75) is 31.7 Å². The lowest BCUT2D eigenvalue weighted by atomic mass is 10.0. The van der Waals surface area contributed by atoms with Crippen molar-refractivity contribution in [3.63, 3.8) is 0 Å². The smallest absolute Gasteiger partial charge is 0.334 e. The van der Waals surface area contributed by atoms with Gasteiger partial charge in [-0.25, -0.2) is 14.8 Å². The summed E-state index contributed by atoms with van der Waals surface area (Å²) in [5.41, 5.74) is 7.28. The highest BCUT2D eigenvalue weighted by atomic mass is 16.2. The van der Waals surface area contributed by atoms with Crippen LogP contribution in [-0.2, 0) is 27.5 Å². The second kappa shape index (κ2) is 11.0. The molecule has 0 unspecified atom stereocenters. The van der Waals surface area contributed by atoms with Gasteiger partial charge in [-0.1, -0.05) is 66.7 Å². The molecule has 10 heteroatoms. The molecule has 2 aliphatic heterocycles. The molecule has 0 radical (unpaired) electrons. The zero-order valence-corrected chi connectivity index (χ0v) is 20.0. The molecule has 0 spiro atoms. The van der Waals surface area contributed by atoms with Crippen LogP contribution in [0.2, 0.25) is 0 Å². The third kappa shape index (κ3) is 5.38. The minimum absolute atomic E-state index is 0.0845. The topological polar surface area (TPSA) is 119 Å². The number of hydrogen-bond acceptors (Lipinski definition) is 5. The zero-order valence-electron chi connectivity index (χ0n) is 20.0. The first-order valence-electron chi connectivity index (χ1n) is 11.8. The number of urea groups is 1. The van der Waals surface area contributed by atoms with Gasteiger partial charge in [-0.05, 0) is 11.1 Å². The minimum atomic E-state index is -1.09. The maximum Gasteiger partial charge on any atom is 0.334 e. The number of rotatable bonds is 8. The molecule has 2 atom stereocenters. The van der Waals surface area contributed by atoms with Crippen LogP contribution in [0.1, 0.15) is 17.5 Å². The van der Waals surface area contributed by atoms with Gasteiger partial charge >= 0.3 is 6.03 Å². The van der Waals surface area contributed by atoms with E-state index in [9.17, 15) is 19.2 Å². The van der Waals surface area contributed by atoms with Crippen molar-refractivity contribution in [1.29, 1.82) is 0 Å². The Morgan fingerprint density at radius 1 is 1.03 bits per heavy atom. The molecule has 2 aromatic carbocycles. The molecular formula is C26H30N6O4. The fourth-order valence-corrected chi connectivity index (χ4v) is 4.69. The van der Waals surface area contributed by atoms with Crippen molar-refractivity contribution in [2.24, 2.45) is 5.73 Å². The minimum Gasteiger partial charge on any atom is -0.370 e. The summed E-state index contributed by atoms with van der Waals surface area (Å²) in [5.74, 6) is -1.42. The van der Waals surface area contributed by atoms with Gasteiger partial charge in [0.15, 0.2) is 0 Å². The lowest BCUT2D eigenvalue weighted by Crippen LogP contribution is -2.76. The monoisotopic (exact) mass is 490 g/mol. The van der Waals surface area contributed by atoms with Crippen molar-refractivity contribution in [3.05, 3.63) is 84.4 Å². The Hall–Kier alpha value is -4.18. The number of fused-ring (bicyclic) bond motifs is 1.